The van der Waals surface area contributed by atoms with Gasteiger partial charge >= 0.3 is 0 Å². The van der Waals surface area contributed by atoms with E-state index in [4.69, 9.17) is 14.5 Å². The summed E-state index contributed by atoms with van der Waals surface area (Å²) in [5, 5.41) is 2.39. The number of hydrogen-bond donors (Lipinski definition) is 1. The fourth-order valence-electron chi connectivity index (χ4n) is 4.56. The van der Waals surface area contributed by atoms with Gasteiger partial charge in [0.15, 0.2) is 5.13 Å². The maximum Gasteiger partial charge on any atom is 0.186 e. The maximum absolute atomic E-state index is 5.48. The summed E-state index contributed by atoms with van der Waals surface area (Å²) in [5.41, 5.74) is 6.24. The summed E-state index contributed by atoms with van der Waals surface area (Å²) in [5.74, 6) is 0.914. The Morgan fingerprint density at radius 2 is 1.97 bits per heavy atom. The molecule has 2 aromatic carbocycles. The Morgan fingerprint density at radius 3 is 2.83 bits per heavy atom. The molecule has 0 bridgehead atoms. The number of aromatic nitrogens is 2. The van der Waals surface area contributed by atoms with E-state index in [2.05, 4.69) is 45.1 Å². The second kappa shape index (κ2) is 7.18. The van der Waals surface area contributed by atoms with Crippen molar-refractivity contribution >= 4 is 43.3 Å². The van der Waals surface area contributed by atoms with Gasteiger partial charge in [0.2, 0.25) is 0 Å². The summed E-state index contributed by atoms with van der Waals surface area (Å²) in [6.07, 6.45) is 1.02. The average molecular weight is 421 g/mol. The molecule has 2 aliphatic rings. The molecule has 0 saturated carbocycles. The van der Waals surface area contributed by atoms with Gasteiger partial charge in [-0.3, -0.25) is 0 Å². The summed E-state index contributed by atoms with van der Waals surface area (Å²) in [7, 11) is 1.72. The quantitative estimate of drug-likeness (QED) is 0.539. The molecule has 0 unspecified atom stereocenters. The number of anilines is 2. The summed E-state index contributed by atoms with van der Waals surface area (Å²) >= 11 is 1.78. The van der Waals surface area contributed by atoms with Crippen molar-refractivity contribution in [2.24, 2.45) is 0 Å². The highest BCUT2D eigenvalue weighted by atomic mass is 32.1. The molecule has 1 fully saturated rings. The third kappa shape index (κ3) is 3.00. The molecule has 6 rings (SSSR count). The van der Waals surface area contributed by atoms with Gasteiger partial charge in [0.25, 0.3) is 0 Å². The molecular formula is C23H24N4O2S. The van der Waals surface area contributed by atoms with E-state index in [1.165, 1.54) is 32.5 Å². The van der Waals surface area contributed by atoms with Gasteiger partial charge in [-0.2, -0.15) is 0 Å². The zero-order valence-corrected chi connectivity index (χ0v) is 17.8. The molecule has 7 heteroatoms. The normalized spacial score (nSPS) is 17.0. The SMILES string of the molecule is COc1ccc2[nH]c3c(c2c1)CCN(c1ccc2sc(N4CCOCC4)nc2c1)C3. The Labute approximate surface area is 179 Å². The van der Waals surface area contributed by atoms with Crippen molar-refractivity contribution in [2.75, 3.05) is 49.8 Å². The van der Waals surface area contributed by atoms with Crippen LogP contribution in [0.15, 0.2) is 36.4 Å². The Balaban J connectivity index is 1.29. The monoisotopic (exact) mass is 420 g/mol. The average Bonchev–Trinajstić information content (AvgIpc) is 3.39. The largest absolute Gasteiger partial charge is 0.497 e. The number of benzene rings is 2. The predicted octanol–water partition coefficient (Wildman–Crippen LogP) is 4.19. The van der Waals surface area contributed by atoms with Gasteiger partial charge in [0, 0.05) is 41.9 Å². The number of fused-ring (bicyclic) bond motifs is 4. The van der Waals surface area contributed by atoms with Crippen molar-refractivity contribution in [1.29, 1.82) is 0 Å². The van der Waals surface area contributed by atoms with Crippen LogP contribution in [-0.2, 0) is 17.7 Å². The number of rotatable bonds is 3. The zero-order valence-electron chi connectivity index (χ0n) is 17.0. The highest BCUT2D eigenvalue weighted by Crippen LogP contribution is 2.35. The van der Waals surface area contributed by atoms with Gasteiger partial charge < -0.3 is 24.3 Å². The maximum atomic E-state index is 5.48. The van der Waals surface area contributed by atoms with E-state index < -0.39 is 0 Å². The van der Waals surface area contributed by atoms with Crippen molar-refractivity contribution in [3.05, 3.63) is 47.7 Å². The van der Waals surface area contributed by atoms with E-state index in [9.17, 15) is 0 Å². The summed E-state index contributed by atoms with van der Waals surface area (Å²) < 4.78 is 12.1. The molecule has 154 valence electrons. The fraction of sp³-hybridized carbons (Fsp3) is 0.348. The van der Waals surface area contributed by atoms with E-state index in [1.54, 1.807) is 18.4 Å². The standard InChI is InChI=1S/C23H24N4O2S/c1-28-16-3-4-19-18(13-16)17-6-7-27(14-21(17)24-19)15-2-5-22-20(12-15)25-23(30-22)26-8-10-29-11-9-26/h2-5,12-13,24H,6-11,14H2,1H3. The van der Waals surface area contributed by atoms with Gasteiger partial charge in [-0.1, -0.05) is 11.3 Å². The number of methoxy groups -OCH3 is 1. The number of thiazole rings is 1. The molecule has 0 spiro atoms. The predicted molar refractivity (Wildman–Crippen MR) is 122 cm³/mol. The van der Waals surface area contributed by atoms with E-state index in [0.717, 1.165) is 62.2 Å². The molecule has 0 atom stereocenters. The minimum Gasteiger partial charge on any atom is -0.497 e. The first kappa shape index (κ1) is 18.0. The van der Waals surface area contributed by atoms with Crippen molar-refractivity contribution in [2.45, 2.75) is 13.0 Å². The first-order valence-corrected chi connectivity index (χ1v) is 11.3. The highest BCUT2D eigenvalue weighted by Gasteiger charge is 2.22. The van der Waals surface area contributed by atoms with Crippen molar-refractivity contribution in [1.82, 2.24) is 9.97 Å². The van der Waals surface area contributed by atoms with E-state index >= 15 is 0 Å². The third-order valence-corrected chi connectivity index (χ3v) is 7.29. The minimum absolute atomic E-state index is 0.785. The number of nitrogens with zero attached hydrogens (tertiary/aromatic N) is 3. The molecule has 0 amide bonds. The topological polar surface area (TPSA) is 53.6 Å². The minimum atomic E-state index is 0.785. The van der Waals surface area contributed by atoms with Crippen molar-refractivity contribution < 1.29 is 9.47 Å². The number of aromatic amines is 1. The molecule has 6 nitrogen and oxygen atoms in total. The molecular weight excluding hydrogens is 396 g/mol. The smallest absolute Gasteiger partial charge is 0.186 e. The van der Waals surface area contributed by atoms with Gasteiger partial charge in [-0.15, -0.1) is 0 Å². The lowest BCUT2D eigenvalue weighted by molar-refractivity contribution is 0.122. The highest BCUT2D eigenvalue weighted by molar-refractivity contribution is 7.22. The van der Waals surface area contributed by atoms with Crippen LogP contribution in [0.2, 0.25) is 0 Å². The number of ether oxygens (including phenoxy) is 2. The second-order valence-electron chi connectivity index (χ2n) is 7.91. The zero-order chi connectivity index (χ0) is 20.1. The van der Waals surface area contributed by atoms with Crippen LogP contribution < -0.4 is 14.5 Å². The lowest BCUT2D eigenvalue weighted by Crippen LogP contribution is -2.36. The Morgan fingerprint density at radius 1 is 1.07 bits per heavy atom. The molecule has 1 N–H and O–H groups in total. The molecule has 4 heterocycles. The van der Waals surface area contributed by atoms with Crippen LogP contribution >= 0.6 is 11.3 Å². The van der Waals surface area contributed by atoms with Gasteiger partial charge in [0.1, 0.15) is 5.75 Å². The number of hydrogen-bond acceptors (Lipinski definition) is 6. The Bertz CT molecular complexity index is 1220. The first-order chi connectivity index (χ1) is 14.8. The number of nitrogens with one attached hydrogen (secondary N) is 1. The van der Waals surface area contributed by atoms with Crippen LogP contribution in [0.25, 0.3) is 21.1 Å². The lowest BCUT2D eigenvalue weighted by atomic mass is 10.0. The second-order valence-corrected chi connectivity index (χ2v) is 8.92. The summed E-state index contributed by atoms with van der Waals surface area (Å²) in [6.45, 7) is 5.31. The van der Waals surface area contributed by atoms with Gasteiger partial charge in [-0.25, -0.2) is 4.98 Å². The van der Waals surface area contributed by atoms with Crippen LogP contribution in [0, 0.1) is 0 Å². The summed E-state index contributed by atoms with van der Waals surface area (Å²) in [4.78, 5) is 13.3. The van der Waals surface area contributed by atoms with Crippen LogP contribution in [0.4, 0.5) is 10.8 Å². The number of morpholine rings is 1. The molecule has 2 aromatic heterocycles. The van der Waals surface area contributed by atoms with Crippen LogP contribution in [0.3, 0.4) is 0 Å². The van der Waals surface area contributed by atoms with Gasteiger partial charge in [-0.05, 0) is 48.4 Å². The molecule has 0 radical (unpaired) electrons. The number of H-pyrrole nitrogens is 1. The molecule has 0 aliphatic carbocycles. The Kier molecular flexibility index (Phi) is 4.32. The van der Waals surface area contributed by atoms with E-state index in [-0.39, 0.29) is 0 Å². The van der Waals surface area contributed by atoms with E-state index in [1.807, 2.05) is 6.07 Å². The Hall–Kier alpha value is -2.77. The summed E-state index contributed by atoms with van der Waals surface area (Å²) in [6, 6.07) is 13.0. The molecule has 30 heavy (non-hydrogen) atoms. The first-order valence-electron chi connectivity index (χ1n) is 10.4. The van der Waals surface area contributed by atoms with Crippen molar-refractivity contribution in [3.63, 3.8) is 0 Å². The molecule has 4 aromatic rings. The van der Waals surface area contributed by atoms with E-state index in [0.29, 0.717) is 0 Å². The lowest BCUT2D eigenvalue weighted by Gasteiger charge is -2.29. The fourth-order valence-corrected chi connectivity index (χ4v) is 5.55. The molecule has 2 aliphatic heterocycles. The van der Waals surface area contributed by atoms with Crippen LogP contribution in [0.5, 0.6) is 5.75 Å². The molecule has 1 saturated heterocycles. The van der Waals surface area contributed by atoms with Crippen molar-refractivity contribution in [3.8, 4) is 5.75 Å². The third-order valence-electron chi connectivity index (χ3n) is 6.19. The van der Waals surface area contributed by atoms with Gasteiger partial charge in [0.05, 0.1) is 37.1 Å². The van der Waals surface area contributed by atoms with Crippen LogP contribution in [0.1, 0.15) is 11.3 Å². The van der Waals surface area contributed by atoms with Crippen LogP contribution in [-0.4, -0.2) is 49.9 Å².